The van der Waals surface area contributed by atoms with Crippen LogP contribution in [0.5, 0.6) is 0 Å². The Balaban J connectivity index is 1.96. The molecule has 1 rings (SSSR count). The Morgan fingerprint density at radius 1 is 1.64 bits per heavy atom. The monoisotopic (exact) mass is 200 g/mol. The predicted molar refractivity (Wildman–Crippen MR) is 55.1 cm³/mol. The van der Waals surface area contributed by atoms with Gasteiger partial charge in [-0.3, -0.25) is 4.79 Å². The highest BCUT2D eigenvalue weighted by Gasteiger charge is 2.14. The van der Waals surface area contributed by atoms with Crippen LogP contribution in [-0.4, -0.2) is 38.3 Å². The summed E-state index contributed by atoms with van der Waals surface area (Å²) < 4.78 is 5.10. The molecule has 0 saturated carbocycles. The number of nitrogens with one attached hydrogen (secondary N) is 2. The summed E-state index contributed by atoms with van der Waals surface area (Å²) in [6.07, 6.45) is 2.87. The Hall–Kier alpha value is -0.610. The van der Waals surface area contributed by atoms with Gasteiger partial charge in [0.05, 0.1) is 6.61 Å². The zero-order valence-electron chi connectivity index (χ0n) is 8.84. The molecule has 4 nitrogen and oxygen atoms in total. The zero-order chi connectivity index (χ0) is 10.2. The van der Waals surface area contributed by atoms with Crippen LogP contribution in [0.2, 0.25) is 0 Å². The topological polar surface area (TPSA) is 50.4 Å². The summed E-state index contributed by atoms with van der Waals surface area (Å²) in [7, 11) is 0. The summed E-state index contributed by atoms with van der Waals surface area (Å²) in [5.74, 6) is 0.0900. The summed E-state index contributed by atoms with van der Waals surface area (Å²) in [6, 6.07) is 0.478. The van der Waals surface area contributed by atoms with Gasteiger partial charge in [0.2, 0.25) is 5.91 Å². The van der Waals surface area contributed by atoms with E-state index in [2.05, 4.69) is 10.6 Å². The Bertz CT molecular complexity index is 168. The van der Waals surface area contributed by atoms with E-state index in [1.54, 1.807) is 0 Å². The molecular weight excluding hydrogens is 180 g/mol. The van der Waals surface area contributed by atoms with Gasteiger partial charge in [0.15, 0.2) is 0 Å². The molecule has 82 valence electrons. The first kappa shape index (κ1) is 11.5. The number of carbonyl (C=O) groups excluding carboxylic acids is 1. The third kappa shape index (κ3) is 4.58. The second-order valence-electron chi connectivity index (χ2n) is 3.54. The SMILES string of the molecule is CCOCCC(=O)NCC1CCCN1. The highest BCUT2D eigenvalue weighted by molar-refractivity contribution is 5.75. The van der Waals surface area contributed by atoms with Crippen LogP contribution in [0.15, 0.2) is 0 Å². The first-order valence-electron chi connectivity index (χ1n) is 5.40. The molecular formula is C10H20N2O2. The highest BCUT2D eigenvalue weighted by atomic mass is 16.5. The van der Waals surface area contributed by atoms with Crippen LogP contribution >= 0.6 is 0 Å². The second-order valence-corrected chi connectivity index (χ2v) is 3.54. The number of hydrogen-bond acceptors (Lipinski definition) is 3. The van der Waals surface area contributed by atoms with E-state index in [1.165, 1.54) is 12.8 Å². The number of rotatable bonds is 6. The zero-order valence-corrected chi connectivity index (χ0v) is 8.84. The van der Waals surface area contributed by atoms with E-state index >= 15 is 0 Å². The van der Waals surface area contributed by atoms with Crippen LogP contribution in [0.3, 0.4) is 0 Å². The molecule has 1 unspecified atom stereocenters. The summed E-state index contributed by atoms with van der Waals surface area (Å²) in [6.45, 7) is 4.97. The summed E-state index contributed by atoms with van der Waals surface area (Å²) in [5, 5.41) is 6.24. The largest absolute Gasteiger partial charge is 0.381 e. The van der Waals surface area contributed by atoms with Crippen LogP contribution < -0.4 is 10.6 Å². The maximum absolute atomic E-state index is 11.3. The first-order chi connectivity index (χ1) is 6.83. The molecule has 1 aliphatic rings. The van der Waals surface area contributed by atoms with Crippen molar-refractivity contribution in [2.45, 2.75) is 32.2 Å². The molecule has 0 aromatic carbocycles. The standard InChI is InChI=1S/C10H20N2O2/c1-2-14-7-5-10(13)12-8-9-4-3-6-11-9/h9,11H,2-8H2,1H3,(H,12,13). The third-order valence-electron chi connectivity index (χ3n) is 2.39. The number of amides is 1. The fraction of sp³-hybridized carbons (Fsp3) is 0.900. The molecule has 1 saturated heterocycles. The minimum Gasteiger partial charge on any atom is -0.381 e. The van der Waals surface area contributed by atoms with Gasteiger partial charge in [0.1, 0.15) is 0 Å². The normalized spacial score (nSPS) is 21.1. The Labute approximate surface area is 85.4 Å². The molecule has 1 atom stereocenters. The fourth-order valence-electron chi connectivity index (χ4n) is 1.57. The third-order valence-corrected chi connectivity index (χ3v) is 2.39. The van der Waals surface area contributed by atoms with Crippen molar-refractivity contribution in [3.05, 3.63) is 0 Å². The Kier molecular flexibility index (Phi) is 5.56. The molecule has 4 heteroatoms. The van der Waals surface area contributed by atoms with E-state index < -0.39 is 0 Å². The van der Waals surface area contributed by atoms with Crippen LogP contribution in [-0.2, 0) is 9.53 Å². The molecule has 0 spiro atoms. The Morgan fingerprint density at radius 3 is 3.14 bits per heavy atom. The van der Waals surface area contributed by atoms with E-state index in [0.29, 0.717) is 25.7 Å². The van der Waals surface area contributed by atoms with E-state index in [4.69, 9.17) is 4.74 Å². The Morgan fingerprint density at radius 2 is 2.50 bits per heavy atom. The van der Waals surface area contributed by atoms with Crippen LogP contribution in [0.25, 0.3) is 0 Å². The van der Waals surface area contributed by atoms with Gasteiger partial charge in [-0.25, -0.2) is 0 Å². The molecule has 1 aliphatic heterocycles. The molecule has 0 bridgehead atoms. The molecule has 14 heavy (non-hydrogen) atoms. The maximum Gasteiger partial charge on any atom is 0.222 e. The van der Waals surface area contributed by atoms with E-state index in [0.717, 1.165) is 13.1 Å². The van der Waals surface area contributed by atoms with Gasteiger partial charge < -0.3 is 15.4 Å². The van der Waals surface area contributed by atoms with Crippen molar-refractivity contribution < 1.29 is 9.53 Å². The second kappa shape index (κ2) is 6.79. The lowest BCUT2D eigenvalue weighted by Crippen LogP contribution is -2.37. The summed E-state index contributed by atoms with van der Waals surface area (Å²) in [4.78, 5) is 11.3. The molecule has 0 aromatic heterocycles. The van der Waals surface area contributed by atoms with Gasteiger partial charge >= 0.3 is 0 Å². The summed E-state index contributed by atoms with van der Waals surface area (Å²) in [5.41, 5.74) is 0. The van der Waals surface area contributed by atoms with E-state index in [1.807, 2.05) is 6.92 Å². The van der Waals surface area contributed by atoms with Gasteiger partial charge in [0.25, 0.3) is 0 Å². The molecule has 1 heterocycles. The van der Waals surface area contributed by atoms with E-state index in [9.17, 15) is 4.79 Å². The quantitative estimate of drug-likeness (QED) is 0.606. The molecule has 0 radical (unpaired) electrons. The lowest BCUT2D eigenvalue weighted by molar-refractivity contribution is -0.122. The molecule has 0 aliphatic carbocycles. The molecule has 0 aromatic rings. The predicted octanol–water partition coefficient (Wildman–Crippen LogP) is 0.281. The van der Waals surface area contributed by atoms with Gasteiger partial charge in [-0.2, -0.15) is 0 Å². The van der Waals surface area contributed by atoms with Crippen LogP contribution in [0.1, 0.15) is 26.2 Å². The van der Waals surface area contributed by atoms with Gasteiger partial charge in [0, 0.05) is 25.6 Å². The lowest BCUT2D eigenvalue weighted by Gasteiger charge is -2.11. The maximum atomic E-state index is 11.3. The number of carbonyl (C=O) groups is 1. The van der Waals surface area contributed by atoms with Crippen molar-refractivity contribution in [1.29, 1.82) is 0 Å². The van der Waals surface area contributed by atoms with Gasteiger partial charge in [-0.1, -0.05) is 0 Å². The van der Waals surface area contributed by atoms with Crippen molar-refractivity contribution >= 4 is 5.91 Å². The molecule has 2 N–H and O–H groups in total. The van der Waals surface area contributed by atoms with Crippen molar-refractivity contribution in [3.8, 4) is 0 Å². The van der Waals surface area contributed by atoms with Crippen molar-refractivity contribution in [2.24, 2.45) is 0 Å². The first-order valence-corrected chi connectivity index (χ1v) is 5.40. The number of ether oxygens (including phenoxy) is 1. The highest BCUT2D eigenvalue weighted by Crippen LogP contribution is 2.02. The molecule has 1 amide bonds. The minimum atomic E-state index is 0.0900. The smallest absolute Gasteiger partial charge is 0.222 e. The van der Waals surface area contributed by atoms with Crippen molar-refractivity contribution in [2.75, 3.05) is 26.3 Å². The van der Waals surface area contributed by atoms with Crippen LogP contribution in [0.4, 0.5) is 0 Å². The summed E-state index contributed by atoms with van der Waals surface area (Å²) >= 11 is 0. The van der Waals surface area contributed by atoms with E-state index in [-0.39, 0.29) is 5.91 Å². The van der Waals surface area contributed by atoms with Gasteiger partial charge in [-0.05, 0) is 26.3 Å². The fourth-order valence-corrected chi connectivity index (χ4v) is 1.57. The minimum absolute atomic E-state index is 0.0900. The molecule has 1 fully saturated rings. The number of hydrogen-bond donors (Lipinski definition) is 2. The lowest BCUT2D eigenvalue weighted by atomic mass is 10.2. The van der Waals surface area contributed by atoms with Crippen LogP contribution in [0, 0.1) is 0 Å². The average Bonchev–Trinajstić information content (AvgIpc) is 2.68. The van der Waals surface area contributed by atoms with Gasteiger partial charge in [-0.15, -0.1) is 0 Å². The van der Waals surface area contributed by atoms with Crippen molar-refractivity contribution in [1.82, 2.24) is 10.6 Å². The van der Waals surface area contributed by atoms with Crippen molar-refractivity contribution in [3.63, 3.8) is 0 Å². The average molecular weight is 200 g/mol.